The molecule has 5 heteroatoms. The van der Waals surface area contributed by atoms with Crippen LogP contribution in [0.4, 0.5) is 0 Å². The zero-order chi connectivity index (χ0) is 20.1. The Labute approximate surface area is 177 Å². The monoisotopic (exact) mass is 421 g/mol. The largest absolute Gasteiger partial charge is 0.460 e. The molecule has 4 rings (SSSR count). The van der Waals surface area contributed by atoms with Gasteiger partial charge in [0, 0.05) is 17.2 Å². The molecule has 1 atom stereocenters. The second kappa shape index (κ2) is 9.04. The normalized spacial score (nSPS) is 17.2. The van der Waals surface area contributed by atoms with Crippen molar-refractivity contribution in [1.29, 1.82) is 0 Å². The van der Waals surface area contributed by atoms with Gasteiger partial charge in [-0.15, -0.1) is 0 Å². The van der Waals surface area contributed by atoms with Crippen LogP contribution >= 0.6 is 6.19 Å². The minimum atomic E-state index is -2.31. The molecule has 0 N–H and O–H groups in total. The lowest BCUT2D eigenvalue weighted by Gasteiger charge is -2.36. The molecule has 148 valence electrons. The molecule has 0 amide bonds. The molecule has 3 aromatic carbocycles. The molecule has 0 radical (unpaired) electrons. The van der Waals surface area contributed by atoms with Gasteiger partial charge in [-0.05, 0) is 18.4 Å². The third-order valence-electron chi connectivity index (χ3n) is 5.29. The quantitative estimate of drug-likeness (QED) is 0.440. The van der Waals surface area contributed by atoms with Crippen LogP contribution in [0.15, 0.2) is 91.0 Å². The molecule has 1 aliphatic rings. The van der Waals surface area contributed by atoms with Gasteiger partial charge < -0.3 is 4.74 Å². The summed E-state index contributed by atoms with van der Waals surface area (Å²) in [5.41, 5.74) is 0.996. The standard InChI is InChI=1S/C24H24NO2PS/c26-24(27-19-20-11-4-1-5-12-20)23-17-10-18-25(23)28(29,21-13-6-2-7-14-21)22-15-8-3-9-16-22/h1-9,11-16,23H,10,17-19H2/t23-/m0/s1. The average Bonchev–Trinajstić information content (AvgIpc) is 3.29. The van der Waals surface area contributed by atoms with E-state index in [0.29, 0.717) is 6.61 Å². The van der Waals surface area contributed by atoms with Gasteiger partial charge in [-0.2, -0.15) is 0 Å². The molecule has 1 fully saturated rings. The van der Waals surface area contributed by atoms with Crippen molar-refractivity contribution < 1.29 is 9.53 Å². The highest BCUT2D eigenvalue weighted by atomic mass is 32.4. The van der Waals surface area contributed by atoms with Gasteiger partial charge in [0.05, 0.1) is 6.19 Å². The molecule has 0 spiro atoms. The van der Waals surface area contributed by atoms with Crippen molar-refractivity contribution in [2.24, 2.45) is 0 Å². The first-order valence-electron chi connectivity index (χ1n) is 9.88. The van der Waals surface area contributed by atoms with Crippen molar-refractivity contribution in [2.45, 2.75) is 25.5 Å². The topological polar surface area (TPSA) is 29.5 Å². The summed E-state index contributed by atoms with van der Waals surface area (Å²) >= 11 is 6.40. The summed E-state index contributed by atoms with van der Waals surface area (Å²) in [7, 11) is 0. The van der Waals surface area contributed by atoms with Gasteiger partial charge in [-0.1, -0.05) is 103 Å². The molecule has 0 bridgehead atoms. The van der Waals surface area contributed by atoms with E-state index in [1.165, 1.54) is 0 Å². The Hall–Kier alpha value is -2.26. The molecular formula is C24H24NO2PS. The Kier molecular flexibility index (Phi) is 6.25. The fourth-order valence-corrected chi connectivity index (χ4v) is 8.24. The van der Waals surface area contributed by atoms with Crippen LogP contribution in [0.2, 0.25) is 0 Å². The van der Waals surface area contributed by atoms with Gasteiger partial charge in [0.25, 0.3) is 0 Å². The third kappa shape index (κ3) is 4.20. The second-order valence-electron chi connectivity index (χ2n) is 7.16. The lowest BCUT2D eigenvalue weighted by atomic mass is 10.2. The summed E-state index contributed by atoms with van der Waals surface area (Å²) in [4.78, 5) is 13.0. The predicted octanol–water partition coefficient (Wildman–Crippen LogP) is 4.24. The molecule has 1 heterocycles. The van der Waals surface area contributed by atoms with Crippen molar-refractivity contribution in [3.63, 3.8) is 0 Å². The van der Waals surface area contributed by atoms with Crippen molar-refractivity contribution in [3.05, 3.63) is 96.6 Å². The first-order chi connectivity index (χ1) is 14.2. The first-order valence-corrected chi connectivity index (χ1v) is 12.6. The van der Waals surface area contributed by atoms with Crippen molar-refractivity contribution in [3.8, 4) is 0 Å². The summed E-state index contributed by atoms with van der Waals surface area (Å²) < 4.78 is 7.95. The van der Waals surface area contributed by atoms with E-state index in [-0.39, 0.29) is 12.0 Å². The van der Waals surface area contributed by atoms with Crippen molar-refractivity contribution in [1.82, 2.24) is 4.67 Å². The maximum absolute atomic E-state index is 13.0. The van der Waals surface area contributed by atoms with Crippen LogP contribution in [0.3, 0.4) is 0 Å². The van der Waals surface area contributed by atoms with Crippen LogP contribution in [0, 0.1) is 0 Å². The molecule has 3 aromatic rings. The molecule has 1 saturated heterocycles. The summed E-state index contributed by atoms with van der Waals surface area (Å²) in [6, 6.07) is 30.0. The van der Waals surface area contributed by atoms with Crippen LogP contribution < -0.4 is 10.6 Å². The molecule has 0 saturated carbocycles. The fraction of sp³-hybridized carbons (Fsp3) is 0.208. The van der Waals surface area contributed by atoms with Gasteiger partial charge in [0.1, 0.15) is 12.6 Å². The number of nitrogens with zero attached hydrogens (tertiary/aromatic N) is 1. The maximum Gasteiger partial charge on any atom is 0.324 e. The molecule has 29 heavy (non-hydrogen) atoms. The summed E-state index contributed by atoms with van der Waals surface area (Å²) in [5.74, 6) is -0.174. The Balaban J connectivity index is 1.64. The Morgan fingerprint density at radius 1 is 0.897 bits per heavy atom. The lowest BCUT2D eigenvalue weighted by molar-refractivity contribution is -0.148. The molecule has 0 aromatic heterocycles. The SMILES string of the molecule is O=C(OCc1ccccc1)[C@@H]1CCCN1P(=S)(c1ccccc1)c1ccccc1. The second-order valence-corrected chi connectivity index (χ2v) is 11.4. The minimum Gasteiger partial charge on any atom is -0.460 e. The van der Waals surface area contributed by atoms with E-state index in [0.717, 1.165) is 35.6 Å². The van der Waals surface area contributed by atoms with E-state index >= 15 is 0 Å². The van der Waals surface area contributed by atoms with Gasteiger partial charge in [0.15, 0.2) is 0 Å². The number of carbonyl (C=O) groups excluding carboxylic acids is 1. The van der Waals surface area contributed by atoms with Crippen LogP contribution in [-0.4, -0.2) is 23.2 Å². The van der Waals surface area contributed by atoms with Crippen LogP contribution in [0.25, 0.3) is 0 Å². The summed E-state index contributed by atoms with van der Waals surface area (Å²) in [6.07, 6.45) is -0.581. The number of rotatable bonds is 6. The van der Waals surface area contributed by atoms with Gasteiger partial charge in [-0.3, -0.25) is 9.46 Å². The molecule has 3 nitrogen and oxygen atoms in total. The van der Waals surface area contributed by atoms with E-state index in [1.807, 2.05) is 66.7 Å². The Morgan fingerprint density at radius 3 is 1.97 bits per heavy atom. The summed E-state index contributed by atoms with van der Waals surface area (Å²) in [5, 5.41) is 2.23. The van der Waals surface area contributed by atoms with Crippen LogP contribution in [-0.2, 0) is 27.9 Å². The lowest BCUT2D eigenvalue weighted by Crippen LogP contribution is -2.40. The van der Waals surface area contributed by atoms with E-state index < -0.39 is 6.19 Å². The smallest absolute Gasteiger partial charge is 0.324 e. The summed E-state index contributed by atoms with van der Waals surface area (Å²) in [6.45, 7) is 1.11. The van der Waals surface area contributed by atoms with Crippen LogP contribution in [0.5, 0.6) is 0 Å². The number of carbonyl (C=O) groups is 1. The molecule has 0 unspecified atom stereocenters. The molecule has 1 aliphatic heterocycles. The average molecular weight is 422 g/mol. The maximum atomic E-state index is 13.0. The minimum absolute atomic E-state index is 0.174. The van der Waals surface area contributed by atoms with Crippen LogP contribution in [0.1, 0.15) is 18.4 Å². The number of ether oxygens (including phenoxy) is 1. The Bertz CT molecular complexity index is 952. The first kappa shape index (κ1) is 20.0. The zero-order valence-electron chi connectivity index (χ0n) is 16.2. The number of hydrogen-bond acceptors (Lipinski definition) is 3. The fourth-order valence-electron chi connectivity index (χ4n) is 3.86. The van der Waals surface area contributed by atoms with E-state index in [4.69, 9.17) is 16.5 Å². The van der Waals surface area contributed by atoms with E-state index in [1.54, 1.807) is 0 Å². The van der Waals surface area contributed by atoms with E-state index in [2.05, 4.69) is 28.9 Å². The van der Waals surface area contributed by atoms with E-state index in [9.17, 15) is 4.79 Å². The van der Waals surface area contributed by atoms with Gasteiger partial charge in [-0.25, -0.2) is 0 Å². The molecule has 0 aliphatic carbocycles. The predicted molar refractivity (Wildman–Crippen MR) is 122 cm³/mol. The molecular weight excluding hydrogens is 397 g/mol. The number of esters is 1. The van der Waals surface area contributed by atoms with Gasteiger partial charge >= 0.3 is 5.97 Å². The van der Waals surface area contributed by atoms with Gasteiger partial charge in [0.2, 0.25) is 0 Å². The van der Waals surface area contributed by atoms with Crippen molar-refractivity contribution in [2.75, 3.05) is 6.54 Å². The Morgan fingerprint density at radius 2 is 1.41 bits per heavy atom. The number of hydrogen-bond donors (Lipinski definition) is 0. The highest BCUT2D eigenvalue weighted by Crippen LogP contribution is 2.52. The number of benzene rings is 3. The highest BCUT2D eigenvalue weighted by molar-refractivity contribution is 8.20. The highest BCUT2D eigenvalue weighted by Gasteiger charge is 2.41. The zero-order valence-corrected chi connectivity index (χ0v) is 17.9. The van der Waals surface area contributed by atoms with Crippen molar-refractivity contribution >= 4 is 34.6 Å². The third-order valence-corrected chi connectivity index (χ3v) is 10.4.